The Kier molecular flexibility index (Phi) is 6.63. The Hall–Kier alpha value is -3.80. The maximum absolute atomic E-state index is 12.9. The predicted molar refractivity (Wildman–Crippen MR) is 122 cm³/mol. The average molecular weight is 464 g/mol. The molecule has 0 amide bonds. The normalized spacial score (nSPS) is 13.0. The third-order valence-electron chi connectivity index (χ3n) is 4.97. The van der Waals surface area contributed by atoms with Gasteiger partial charge in [-0.2, -0.15) is 4.72 Å². The van der Waals surface area contributed by atoms with Gasteiger partial charge in [0.05, 0.1) is 12.0 Å². The highest BCUT2D eigenvalue weighted by Gasteiger charge is 2.26. The number of ether oxygens (including phenoxy) is 3. The largest absolute Gasteiger partial charge is 0.468 e. The topological polar surface area (TPSA) is 90.9 Å². The first kappa shape index (κ1) is 22.4. The third-order valence-corrected chi connectivity index (χ3v) is 6.45. The molecule has 1 N–H and O–H groups in total. The van der Waals surface area contributed by atoms with Crippen LogP contribution >= 0.6 is 0 Å². The Bertz CT molecular complexity index is 1310. The Morgan fingerprint density at radius 2 is 1.70 bits per heavy atom. The van der Waals surface area contributed by atoms with Gasteiger partial charge in [0.15, 0.2) is 11.5 Å². The molecule has 8 heteroatoms. The lowest BCUT2D eigenvalue weighted by Gasteiger charge is -2.14. The molecule has 7 nitrogen and oxygen atoms in total. The fourth-order valence-corrected chi connectivity index (χ4v) is 4.43. The number of carbonyl (C=O) groups excluding carboxylic acids is 1. The van der Waals surface area contributed by atoms with Gasteiger partial charge in [0.1, 0.15) is 6.04 Å². The molecule has 1 heterocycles. The van der Waals surface area contributed by atoms with E-state index >= 15 is 0 Å². The first-order valence-electron chi connectivity index (χ1n) is 10.1. The summed E-state index contributed by atoms with van der Waals surface area (Å²) in [5.41, 5.74) is 2.44. The number of hydrogen-bond acceptors (Lipinski definition) is 6. The Morgan fingerprint density at radius 3 is 2.42 bits per heavy atom. The summed E-state index contributed by atoms with van der Waals surface area (Å²) in [7, 11) is -2.78. The van der Waals surface area contributed by atoms with Crippen LogP contribution in [-0.2, 0) is 19.6 Å². The van der Waals surface area contributed by atoms with Gasteiger partial charge in [0, 0.05) is 12.0 Å². The molecule has 168 valence electrons. The lowest BCUT2D eigenvalue weighted by atomic mass is 10.1. The SMILES string of the molecule is COC(=O)C(CC#Cc1ccccc1)NS(=O)(=O)c1ccc(-c2ccc3c(c2)OCO3)cc1. The second kappa shape index (κ2) is 9.77. The van der Waals surface area contributed by atoms with Crippen molar-refractivity contribution in [1.82, 2.24) is 4.72 Å². The number of nitrogens with one attached hydrogen (secondary N) is 1. The molecule has 1 unspecified atom stereocenters. The minimum Gasteiger partial charge on any atom is -0.468 e. The zero-order valence-corrected chi connectivity index (χ0v) is 18.6. The van der Waals surface area contributed by atoms with Gasteiger partial charge in [0.2, 0.25) is 16.8 Å². The van der Waals surface area contributed by atoms with Gasteiger partial charge < -0.3 is 14.2 Å². The summed E-state index contributed by atoms with van der Waals surface area (Å²) >= 11 is 0. The van der Waals surface area contributed by atoms with Crippen molar-refractivity contribution in [2.24, 2.45) is 0 Å². The van der Waals surface area contributed by atoms with Crippen molar-refractivity contribution in [2.45, 2.75) is 17.4 Å². The summed E-state index contributed by atoms with van der Waals surface area (Å²) < 4.78 is 43.6. The highest BCUT2D eigenvalue weighted by atomic mass is 32.2. The minimum atomic E-state index is -3.98. The van der Waals surface area contributed by atoms with Crippen molar-refractivity contribution in [3.8, 4) is 34.5 Å². The van der Waals surface area contributed by atoms with Crippen LogP contribution in [0.15, 0.2) is 77.7 Å². The first-order valence-corrected chi connectivity index (χ1v) is 11.6. The van der Waals surface area contributed by atoms with E-state index in [1.165, 1.54) is 19.2 Å². The first-order chi connectivity index (χ1) is 16.0. The van der Waals surface area contributed by atoms with Crippen LogP contribution in [0.5, 0.6) is 11.5 Å². The van der Waals surface area contributed by atoms with Gasteiger partial charge in [-0.1, -0.05) is 48.2 Å². The van der Waals surface area contributed by atoms with Gasteiger partial charge >= 0.3 is 5.97 Å². The lowest BCUT2D eigenvalue weighted by Crippen LogP contribution is -2.41. The van der Waals surface area contributed by atoms with Crippen molar-refractivity contribution in [3.63, 3.8) is 0 Å². The summed E-state index contributed by atoms with van der Waals surface area (Å²) in [5, 5.41) is 0. The molecule has 33 heavy (non-hydrogen) atoms. The van der Waals surface area contributed by atoms with Gasteiger partial charge in [-0.25, -0.2) is 8.42 Å². The zero-order chi connectivity index (χ0) is 23.3. The molecule has 3 aromatic rings. The molecule has 0 saturated heterocycles. The quantitative estimate of drug-likeness (QED) is 0.445. The van der Waals surface area contributed by atoms with Crippen LogP contribution in [0.3, 0.4) is 0 Å². The summed E-state index contributed by atoms with van der Waals surface area (Å²) in [6, 6.07) is 19.9. The molecule has 1 aliphatic heterocycles. The number of fused-ring (bicyclic) bond motifs is 1. The molecule has 0 saturated carbocycles. The molecular formula is C25H21NO6S. The van der Waals surface area contributed by atoms with E-state index in [0.717, 1.165) is 16.7 Å². The third kappa shape index (κ3) is 5.34. The van der Waals surface area contributed by atoms with Crippen LogP contribution in [0.4, 0.5) is 0 Å². The van der Waals surface area contributed by atoms with Crippen molar-refractivity contribution in [3.05, 3.63) is 78.4 Å². The van der Waals surface area contributed by atoms with Gasteiger partial charge in [-0.05, 0) is 47.5 Å². The minimum absolute atomic E-state index is 0.0249. The lowest BCUT2D eigenvalue weighted by molar-refractivity contribution is -0.142. The Morgan fingerprint density at radius 1 is 1.00 bits per heavy atom. The van der Waals surface area contributed by atoms with Crippen molar-refractivity contribution < 1.29 is 27.4 Å². The number of esters is 1. The summed E-state index contributed by atoms with van der Waals surface area (Å²) in [4.78, 5) is 12.2. The summed E-state index contributed by atoms with van der Waals surface area (Å²) in [6.07, 6.45) is -0.0317. The number of methoxy groups -OCH3 is 1. The van der Waals surface area contributed by atoms with E-state index < -0.39 is 22.0 Å². The van der Waals surface area contributed by atoms with E-state index in [1.54, 1.807) is 18.2 Å². The standard InChI is InChI=1S/C25H21NO6S/c1-30-25(27)22(9-5-8-18-6-3-2-4-7-18)26-33(28,29)21-13-10-19(11-14-21)20-12-15-23-24(16-20)32-17-31-23/h2-4,6-7,10-16,22,26H,9,17H2,1H3. The van der Waals surface area contributed by atoms with Crippen LogP contribution < -0.4 is 14.2 Å². The number of carbonyl (C=O) groups is 1. The molecule has 3 aromatic carbocycles. The fourth-order valence-electron chi connectivity index (χ4n) is 3.25. The van der Waals surface area contributed by atoms with E-state index in [0.29, 0.717) is 11.5 Å². The molecule has 1 atom stereocenters. The number of benzene rings is 3. The van der Waals surface area contributed by atoms with Crippen LogP contribution in [-0.4, -0.2) is 34.3 Å². The van der Waals surface area contributed by atoms with E-state index in [-0.39, 0.29) is 18.1 Å². The molecule has 0 aliphatic carbocycles. The van der Waals surface area contributed by atoms with Crippen LogP contribution in [0.1, 0.15) is 12.0 Å². The van der Waals surface area contributed by atoms with Crippen LogP contribution in [0, 0.1) is 11.8 Å². The second-order valence-electron chi connectivity index (χ2n) is 7.16. The number of sulfonamides is 1. The highest BCUT2D eigenvalue weighted by molar-refractivity contribution is 7.89. The fraction of sp³-hybridized carbons (Fsp3) is 0.160. The van der Waals surface area contributed by atoms with E-state index in [1.807, 2.05) is 42.5 Å². The molecule has 0 aromatic heterocycles. The van der Waals surface area contributed by atoms with E-state index in [9.17, 15) is 13.2 Å². The maximum atomic E-state index is 12.9. The van der Waals surface area contributed by atoms with Crippen LogP contribution in [0.25, 0.3) is 11.1 Å². The molecular weight excluding hydrogens is 442 g/mol. The molecule has 1 aliphatic rings. The molecule has 0 fully saturated rings. The van der Waals surface area contributed by atoms with Crippen molar-refractivity contribution in [2.75, 3.05) is 13.9 Å². The molecule has 0 spiro atoms. The van der Waals surface area contributed by atoms with Gasteiger partial charge in [-0.3, -0.25) is 4.79 Å². The summed E-state index contributed by atoms with van der Waals surface area (Å²) in [5.74, 6) is 6.36. The highest BCUT2D eigenvalue weighted by Crippen LogP contribution is 2.36. The summed E-state index contributed by atoms with van der Waals surface area (Å²) in [6.45, 7) is 0.179. The molecule has 4 rings (SSSR count). The number of hydrogen-bond donors (Lipinski definition) is 1. The monoisotopic (exact) mass is 463 g/mol. The zero-order valence-electron chi connectivity index (χ0n) is 17.8. The number of rotatable bonds is 6. The predicted octanol–water partition coefficient (Wildman–Crippen LogP) is 3.34. The smallest absolute Gasteiger partial charge is 0.324 e. The Labute approximate surface area is 192 Å². The van der Waals surface area contributed by atoms with Gasteiger partial charge in [0.25, 0.3) is 0 Å². The molecule has 0 radical (unpaired) electrons. The second-order valence-corrected chi connectivity index (χ2v) is 8.88. The molecule has 0 bridgehead atoms. The average Bonchev–Trinajstić information content (AvgIpc) is 3.31. The van der Waals surface area contributed by atoms with Crippen molar-refractivity contribution in [1.29, 1.82) is 0 Å². The van der Waals surface area contributed by atoms with E-state index in [4.69, 9.17) is 14.2 Å². The Balaban J connectivity index is 1.50. The van der Waals surface area contributed by atoms with Crippen molar-refractivity contribution >= 4 is 16.0 Å². The van der Waals surface area contributed by atoms with E-state index in [2.05, 4.69) is 16.6 Å². The van der Waals surface area contributed by atoms with Gasteiger partial charge in [-0.15, -0.1) is 0 Å². The maximum Gasteiger partial charge on any atom is 0.324 e. The van der Waals surface area contributed by atoms with Crippen LogP contribution in [0.2, 0.25) is 0 Å².